The van der Waals surface area contributed by atoms with E-state index < -0.39 is 15.8 Å². The molecule has 2 amide bonds. The predicted octanol–water partition coefficient (Wildman–Crippen LogP) is 2.86. The van der Waals surface area contributed by atoms with E-state index in [0.29, 0.717) is 13.1 Å². The molecular weight excluding hydrogens is 393 g/mol. The molecule has 2 aromatic rings. The summed E-state index contributed by atoms with van der Waals surface area (Å²) in [4.78, 5) is 14.0. The molecule has 6 nitrogen and oxygen atoms in total. The number of hydrogen-bond acceptors (Lipinski definition) is 3. The summed E-state index contributed by atoms with van der Waals surface area (Å²) in [6.07, 6.45) is 1.70. The largest absolute Gasteiger partial charge is 0.336 e. The summed E-state index contributed by atoms with van der Waals surface area (Å²) in [5, 5.41) is 2.98. The van der Waals surface area contributed by atoms with Crippen molar-refractivity contribution in [3.8, 4) is 0 Å². The van der Waals surface area contributed by atoms with E-state index in [1.165, 1.54) is 28.1 Å². The van der Waals surface area contributed by atoms with Crippen LogP contribution in [0.15, 0.2) is 59.5 Å². The van der Waals surface area contributed by atoms with E-state index in [4.69, 9.17) is 0 Å². The number of rotatable bonds is 6. The SMILES string of the molecule is C[C@@H](CCc1ccccc1)NC(=O)N1CCN(S(=O)(=O)c2cccc(F)c2)CC1. The molecule has 1 N–H and O–H groups in total. The fraction of sp³-hybridized carbons (Fsp3) is 0.381. The van der Waals surface area contributed by atoms with Gasteiger partial charge in [-0.2, -0.15) is 4.31 Å². The van der Waals surface area contributed by atoms with Crippen LogP contribution >= 0.6 is 0 Å². The van der Waals surface area contributed by atoms with Gasteiger partial charge in [-0.15, -0.1) is 0 Å². The first-order valence-corrected chi connectivity index (χ1v) is 11.2. The standard InChI is InChI=1S/C21H26FN3O3S/c1-17(10-11-18-6-3-2-4-7-18)23-21(26)24-12-14-25(15-13-24)29(27,28)20-9-5-8-19(22)16-20/h2-9,16-17H,10-15H2,1H3,(H,23,26)/t17-/m0/s1. The van der Waals surface area contributed by atoms with Gasteiger partial charge in [0.2, 0.25) is 10.0 Å². The summed E-state index contributed by atoms with van der Waals surface area (Å²) in [7, 11) is -3.76. The lowest BCUT2D eigenvalue weighted by atomic mass is 10.1. The smallest absolute Gasteiger partial charge is 0.317 e. The summed E-state index contributed by atoms with van der Waals surface area (Å²) >= 11 is 0. The molecule has 1 saturated heterocycles. The van der Waals surface area contributed by atoms with Gasteiger partial charge >= 0.3 is 6.03 Å². The molecule has 8 heteroatoms. The van der Waals surface area contributed by atoms with Crippen molar-refractivity contribution in [3.63, 3.8) is 0 Å². The number of nitrogens with one attached hydrogen (secondary N) is 1. The number of carbonyl (C=O) groups excluding carboxylic acids is 1. The first kappa shape index (κ1) is 21.3. The van der Waals surface area contributed by atoms with E-state index in [1.807, 2.05) is 25.1 Å². The van der Waals surface area contributed by atoms with Crippen molar-refractivity contribution in [2.24, 2.45) is 0 Å². The Kier molecular flexibility index (Phi) is 6.87. The molecule has 3 rings (SSSR count). The second kappa shape index (κ2) is 9.37. The Hall–Kier alpha value is -2.45. The van der Waals surface area contributed by atoms with E-state index >= 15 is 0 Å². The molecule has 0 radical (unpaired) electrons. The zero-order valence-corrected chi connectivity index (χ0v) is 17.2. The molecule has 2 aromatic carbocycles. The Bertz CT molecular complexity index is 929. The maximum atomic E-state index is 13.4. The Morgan fingerprint density at radius 3 is 2.41 bits per heavy atom. The molecule has 0 spiro atoms. The zero-order valence-electron chi connectivity index (χ0n) is 16.4. The summed E-state index contributed by atoms with van der Waals surface area (Å²) < 4.78 is 40.0. The molecular formula is C21H26FN3O3S. The number of nitrogens with zero attached hydrogens (tertiary/aromatic N) is 2. The summed E-state index contributed by atoms with van der Waals surface area (Å²) in [6, 6.07) is 14.9. The second-order valence-corrected chi connectivity index (χ2v) is 9.16. The van der Waals surface area contributed by atoms with Crippen LogP contribution in [-0.2, 0) is 16.4 Å². The van der Waals surface area contributed by atoms with Gasteiger partial charge in [-0.25, -0.2) is 17.6 Å². The maximum absolute atomic E-state index is 13.4. The van der Waals surface area contributed by atoms with Crippen molar-refractivity contribution < 1.29 is 17.6 Å². The number of benzene rings is 2. The average Bonchev–Trinajstić information content (AvgIpc) is 2.73. The molecule has 0 saturated carbocycles. The van der Waals surface area contributed by atoms with Gasteiger partial charge in [0.05, 0.1) is 4.90 Å². The monoisotopic (exact) mass is 419 g/mol. The van der Waals surface area contributed by atoms with Gasteiger partial charge < -0.3 is 10.2 Å². The highest BCUT2D eigenvalue weighted by Gasteiger charge is 2.30. The number of halogens is 1. The number of sulfonamides is 1. The van der Waals surface area contributed by atoms with E-state index in [0.717, 1.165) is 18.9 Å². The minimum Gasteiger partial charge on any atom is -0.336 e. The van der Waals surface area contributed by atoms with Gasteiger partial charge in [0, 0.05) is 32.2 Å². The van der Waals surface area contributed by atoms with Crippen molar-refractivity contribution >= 4 is 16.1 Å². The van der Waals surface area contributed by atoms with Crippen LogP contribution in [0.3, 0.4) is 0 Å². The summed E-state index contributed by atoms with van der Waals surface area (Å²) in [6.45, 7) is 2.93. The van der Waals surface area contributed by atoms with Crippen molar-refractivity contribution in [2.75, 3.05) is 26.2 Å². The molecule has 0 unspecified atom stereocenters. The van der Waals surface area contributed by atoms with Gasteiger partial charge in [0.25, 0.3) is 0 Å². The van der Waals surface area contributed by atoms with Crippen LogP contribution in [-0.4, -0.2) is 55.9 Å². The first-order valence-electron chi connectivity index (χ1n) is 9.71. The lowest BCUT2D eigenvalue weighted by molar-refractivity contribution is 0.169. The quantitative estimate of drug-likeness (QED) is 0.783. The molecule has 0 aromatic heterocycles. The fourth-order valence-electron chi connectivity index (χ4n) is 3.31. The van der Waals surface area contributed by atoms with Crippen molar-refractivity contribution in [1.29, 1.82) is 0 Å². The molecule has 1 aliphatic rings. The third-order valence-corrected chi connectivity index (χ3v) is 6.93. The lowest BCUT2D eigenvalue weighted by Crippen LogP contribution is -2.54. The number of hydrogen-bond donors (Lipinski definition) is 1. The van der Waals surface area contributed by atoms with E-state index in [-0.39, 0.29) is 30.1 Å². The highest BCUT2D eigenvalue weighted by Crippen LogP contribution is 2.18. The molecule has 0 bridgehead atoms. The molecule has 156 valence electrons. The van der Waals surface area contributed by atoms with Gasteiger partial charge in [0.1, 0.15) is 5.82 Å². The molecule has 1 aliphatic heterocycles. The Balaban J connectivity index is 1.49. The van der Waals surface area contributed by atoms with Crippen LogP contribution in [0, 0.1) is 5.82 Å². The third-order valence-electron chi connectivity index (χ3n) is 5.04. The van der Waals surface area contributed by atoms with Crippen LogP contribution in [0.1, 0.15) is 18.9 Å². The summed E-state index contributed by atoms with van der Waals surface area (Å²) in [5.41, 5.74) is 1.23. The minimum absolute atomic E-state index is 0.0109. The van der Waals surface area contributed by atoms with E-state index in [1.54, 1.807) is 4.90 Å². The lowest BCUT2D eigenvalue weighted by Gasteiger charge is -2.34. The number of carbonyl (C=O) groups is 1. The van der Waals surface area contributed by atoms with Crippen LogP contribution < -0.4 is 5.32 Å². The summed E-state index contributed by atoms with van der Waals surface area (Å²) in [5.74, 6) is -0.589. The number of amides is 2. The normalized spacial score (nSPS) is 16.4. The van der Waals surface area contributed by atoms with Crippen LogP contribution in [0.2, 0.25) is 0 Å². The molecule has 1 heterocycles. The van der Waals surface area contributed by atoms with Crippen LogP contribution in [0.25, 0.3) is 0 Å². The van der Waals surface area contributed by atoms with E-state index in [9.17, 15) is 17.6 Å². The Morgan fingerprint density at radius 1 is 1.07 bits per heavy atom. The Labute approximate surface area is 171 Å². The molecule has 0 aliphatic carbocycles. The van der Waals surface area contributed by atoms with Gasteiger partial charge in [-0.3, -0.25) is 0 Å². The van der Waals surface area contributed by atoms with Crippen molar-refractivity contribution in [1.82, 2.24) is 14.5 Å². The molecule has 1 fully saturated rings. The van der Waals surface area contributed by atoms with Gasteiger partial charge in [-0.05, 0) is 43.5 Å². The highest BCUT2D eigenvalue weighted by molar-refractivity contribution is 7.89. The molecule has 1 atom stereocenters. The number of aryl methyl sites for hydroxylation is 1. The highest BCUT2D eigenvalue weighted by atomic mass is 32.2. The first-order chi connectivity index (χ1) is 13.9. The van der Waals surface area contributed by atoms with E-state index in [2.05, 4.69) is 17.4 Å². The average molecular weight is 420 g/mol. The molecule has 29 heavy (non-hydrogen) atoms. The van der Waals surface area contributed by atoms with Crippen LogP contribution in [0.4, 0.5) is 9.18 Å². The number of urea groups is 1. The minimum atomic E-state index is -3.76. The van der Waals surface area contributed by atoms with Crippen molar-refractivity contribution in [3.05, 3.63) is 66.0 Å². The van der Waals surface area contributed by atoms with Crippen molar-refractivity contribution in [2.45, 2.75) is 30.7 Å². The van der Waals surface area contributed by atoms with Crippen LogP contribution in [0.5, 0.6) is 0 Å². The maximum Gasteiger partial charge on any atom is 0.317 e. The topological polar surface area (TPSA) is 69.7 Å². The predicted molar refractivity (Wildman–Crippen MR) is 109 cm³/mol. The Morgan fingerprint density at radius 2 is 1.76 bits per heavy atom. The second-order valence-electron chi connectivity index (χ2n) is 7.22. The zero-order chi connectivity index (χ0) is 20.9. The third kappa shape index (κ3) is 5.55. The number of piperazine rings is 1. The van der Waals surface area contributed by atoms with Gasteiger partial charge in [0.15, 0.2) is 0 Å². The van der Waals surface area contributed by atoms with Gasteiger partial charge in [-0.1, -0.05) is 36.4 Å². The fourth-order valence-corrected chi connectivity index (χ4v) is 4.76.